The number of carbonyl (C=O) groups is 2. The first kappa shape index (κ1) is 16.5. The highest BCUT2D eigenvalue weighted by molar-refractivity contribution is 6.01. The largest absolute Gasteiger partial charge is 0.396 e. The molecular formula is C18H23N3O3. The van der Waals surface area contributed by atoms with Crippen LogP contribution in [0.4, 0.5) is 4.79 Å². The minimum absolute atomic E-state index is 0.0186. The van der Waals surface area contributed by atoms with Crippen molar-refractivity contribution in [2.75, 3.05) is 20.2 Å². The Morgan fingerprint density at radius 2 is 1.92 bits per heavy atom. The molecule has 3 amide bonds. The zero-order valence-corrected chi connectivity index (χ0v) is 14.2. The summed E-state index contributed by atoms with van der Waals surface area (Å²) in [6.45, 7) is 4.26. The number of urea groups is 1. The van der Waals surface area contributed by atoms with E-state index in [1.165, 1.54) is 4.90 Å². The second kappa shape index (κ2) is 6.28. The summed E-state index contributed by atoms with van der Waals surface area (Å²) in [5, 5.41) is 12.3. The Kier molecular flexibility index (Phi) is 4.32. The Morgan fingerprint density at radius 3 is 2.54 bits per heavy atom. The number of likely N-dealkylation sites (N-methyl/N-ethyl adjacent to an activating group) is 1. The van der Waals surface area contributed by atoms with Crippen molar-refractivity contribution in [3.05, 3.63) is 47.2 Å². The number of hydrogen-bond acceptors (Lipinski definition) is 3. The molecule has 2 heterocycles. The van der Waals surface area contributed by atoms with Crippen molar-refractivity contribution in [2.24, 2.45) is 5.92 Å². The summed E-state index contributed by atoms with van der Waals surface area (Å²) < 4.78 is 0. The molecule has 1 aromatic rings. The van der Waals surface area contributed by atoms with Gasteiger partial charge in [-0.1, -0.05) is 37.3 Å². The Balaban J connectivity index is 1.98. The Morgan fingerprint density at radius 1 is 1.25 bits per heavy atom. The molecule has 128 valence electrons. The summed E-state index contributed by atoms with van der Waals surface area (Å²) in [5.74, 6) is -0.0991. The number of aliphatic hydroxyl groups excluding tert-OH is 1. The summed E-state index contributed by atoms with van der Waals surface area (Å²) in [6, 6.07) is 8.78. The van der Waals surface area contributed by atoms with E-state index in [0.29, 0.717) is 12.1 Å². The van der Waals surface area contributed by atoms with Gasteiger partial charge in [-0.3, -0.25) is 9.69 Å². The Hall–Kier alpha value is -2.34. The van der Waals surface area contributed by atoms with E-state index in [9.17, 15) is 14.7 Å². The predicted molar refractivity (Wildman–Crippen MR) is 89.9 cm³/mol. The standard InChI is InChI=1S/C18H23N3O3/c1-11(10-22)12(2)21-9-14-15(17(21)23)16(19-18(24)20(14)3)13-7-5-4-6-8-13/h4-8,11-12,16,22H,9-10H2,1-3H3,(H,19,24)/t11-,12+,16-/m1/s1. The van der Waals surface area contributed by atoms with Crippen LogP contribution < -0.4 is 5.32 Å². The fourth-order valence-electron chi connectivity index (χ4n) is 3.27. The molecule has 0 fully saturated rings. The van der Waals surface area contributed by atoms with E-state index in [2.05, 4.69) is 5.32 Å². The van der Waals surface area contributed by atoms with Crippen molar-refractivity contribution >= 4 is 11.9 Å². The lowest BCUT2D eigenvalue weighted by molar-refractivity contribution is -0.128. The normalized spacial score (nSPS) is 23.2. The zero-order valence-electron chi connectivity index (χ0n) is 14.2. The molecule has 0 saturated carbocycles. The minimum Gasteiger partial charge on any atom is -0.396 e. The second-order valence-electron chi connectivity index (χ2n) is 6.55. The average molecular weight is 329 g/mol. The van der Waals surface area contributed by atoms with Crippen molar-refractivity contribution in [3.8, 4) is 0 Å². The van der Waals surface area contributed by atoms with E-state index in [1.807, 2.05) is 44.2 Å². The van der Waals surface area contributed by atoms with Crippen molar-refractivity contribution in [1.29, 1.82) is 0 Å². The maximum atomic E-state index is 13.0. The molecule has 0 unspecified atom stereocenters. The van der Waals surface area contributed by atoms with E-state index in [4.69, 9.17) is 0 Å². The van der Waals surface area contributed by atoms with Crippen molar-refractivity contribution in [3.63, 3.8) is 0 Å². The smallest absolute Gasteiger partial charge is 0.322 e. The summed E-state index contributed by atoms with van der Waals surface area (Å²) in [5.41, 5.74) is 2.26. The van der Waals surface area contributed by atoms with Crippen molar-refractivity contribution in [1.82, 2.24) is 15.1 Å². The average Bonchev–Trinajstić information content (AvgIpc) is 2.95. The first-order valence-electron chi connectivity index (χ1n) is 8.19. The number of carbonyl (C=O) groups excluding carboxylic acids is 2. The van der Waals surface area contributed by atoms with Crippen LogP contribution in [-0.2, 0) is 4.79 Å². The van der Waals surface area contributed by atoms with Crippen LogP contribution in [0.5, 0.6) is 0 Å². The highest BCUT2D eigenvalue weighted by Crippen LogP contribution is 2.36. The Labute approximate surface area is 141 Å². The molecule has 0 saturated heterocycles. The van der Waals surface area contributed by atoms with Crippen LogP contribution in [0, 0.1) is 5.92 Å². The molecule has 2 N–H and O–H groups in total. The van der Waals surface area contributed by atoms with Crippen LogP contribution in [0.25, 0.3) is 0 Å². The summed E-state index contributed by atoms with van der Waals surface area (Å²) in [4.78, 5) is 28.6. The van der Waals surface area contributed by atoms with Crippen LogP contribution in [0.3, 0.4) is 0 Å². The number of rotatable bonds is 4. The third kappa shape index (κ3) is 2.57. The van der Waals surface area contributed by atoms with Gasteiger partial charge in [-0.15, -0.1) is 0 Å². The molecule has 2 aliphatic rings. The lowest BCUT2D eigenvalue weighted by Crippen LogP contribution is -2.45. The molecule has 2 aliphatic heterocycles. The van der Waals surface area contributed by atoms with Gasteiger partial charge in [-0.2, -0.15) is 0 Å². The molecule has 6 nitrogen and oxygen atoms in total. The number of nitrogens with one attached hydrogen (secondary N) is 1. The molecule has 0 spiro atoms. The molecule has 0 bridgehead atoms. The van der Waals surface area contributed by atoms with Gasteiger partial charge in [-0.25, -0.2) is 4.79 Å². The lowest BCUT2D eigenvalue weighted by Gasteiger charge is -2.31. The second-order valence-corrected chi connectivity index (χ2v) is 6.55. The molecule has 3 rings (SSSR count). The zero-order chi connectivity index (χ0) is 17.4. The molecule has 6 heteroatoms. The quantitative estimate of drug-likeness (QED) is 0.879. The molecule has 0 aromatic heterocycles. The van der Waals surface area contributed by atoms with Crippen LogP contribution in [0.2, 0.25) is 0 Å². The van der Waals surface area contributed by atoms with Crippen LogP contribution in [-0.4, -0.2) is 53.1 Å². The van der Waals surface area contributed by atoms with E-state index in [0.717, 1.165) is 11.3 Å². The first-order valence-corrected chi connectivity index (χ1v) is 8.19. The number of aliphatic hydroxyl groups is 1. The van der Waals surface area contributed by atoms with Crippen LogP contribution >= 0.6 is 0 Å². The van der Waals surface area contributed by atoms with E-state index in [1.54, 1.807) is 11.9 Å². The lowest BCUT2D eigenvalue weighted by atomic mass is 9.95. The number of hydrogen-bond donors (Lipinski definition) is 2. The maximum Gasteiger partial charge on any atom is 0.322 e. The van der Waals surface area contributed by atoms with E-state index >= 15 is 0 Å². The fraction of sp³-hybridized carbons (Fsp3) is 0.444. The fourth-order valence-corrected chi connectivity index (χ4v) is 3.27. The first-order chi connectivity index (χ1) is 11.5. The summed E-state index contributed by atoms with van der Waals surface area (Å²) >= 11 is 0. The summed E-state index contributed by atoms with van der Waals surface area (Å²) in [7, 11) is 1.68. The monoisotopic (exact) mass is 329 g/mol. The van der Waals surface area contributed by atoms with Gasteiger partial charge >= 0.3 is 6.03 Å². The minimum atomic E-state index is -0.431. The molecule has 0 radical (unpaired) electrons. The van der Waals surface area contributed by atoms with Gasteiger partial charge in [0.1, 0.15) is 0 Å². The predicted octanol–water partition coefficient (Wildman–Crippen LogP) is 1.50. The van der Waals surface area contributed by atoms with Crippen molar-refractivity contribution < 1.29 is 14.7 Å². The molecule has 3 atom stereocenters. The van der Waals surface area contributed by atoms with E-state index in [-0.39, 0.29) is 30.5 Å². The van der Waals surface area contributed by atoms with Gasteiger partial charge < -0.3 is 15.3 Å². The van der Waals surface area contributed by atoms with E-state index < -0.39 is 6.04 Å². The third-order valence-electron chi connectivity index (χ3n) is 5.12. The third-order valence-corrected chi connectivity index (χ3v) is 5.12. The summed E-state index contributed by atoms with van der Waals surface area (Å²) in [6.07, 6.45) is 0. The topological polar surface area (TPSA) is 72.9 Å². The highest BCUT2D eigenvalue weighted by Gasteiger charge is 2.44. The van der Waals surface area contributed by atoms with Crippen LogP contribution in [0.1, 0.15) is 25.5 Å². The van der Waals surface area contributed by atoms with Gasteiger partial charge in [0.2, 0.25) is 0 Å². The van der Waals surface area contributed by atoms with Crippen LogP contribution in [0.15, 0.2) is 41.6 Å². The number of amides is 3. The molecular weight excluding hydrogens is 306 g/mol. The SMILES string of the molecule is C[C@H](CO)[C@H](C)N1CC2=C(C1=O)[C@@H](c1ccccc1)NC(=O)N2C. The molecule has 24 heavy (non-hydrogen) atoms. The van der Waals surface area contributed by atoms with Gasteiger partial charge in [-0.05, 0) is 18.4 Å². The Bertz CT molecular complexity index is 686. The van der Waals surface area contributed by atoms with Gasteiger partial charge in [0.05, 0.1) is 23.9 Å². The molecule has 0 aliphatic carbocycles. The van der Waals surface area contributed by atoms with Gasteiger partial charge in [0.25, 0.3) is 5.91 Å². The molecule has 1 aromatic carbocycles. The van der Waals surface area contributed by atoms with Crippen molar-refractivity contribution in [2.45, 2.75) is 25.9 Å². The number of benzene rings is 1. The van der Waals surface area contributed by atoms with Gasteiger partial charge in [0.15, 0.2) is 0 Å². The van der Waals surface area contributed by atoms with Gasteiger partial charge in [0, 0.05) is 19.7 Å². The highest BCUT2D eigenvalue weighted by atomic mass is 16.3. The number of nitrogens with zero attached hydrogens (tertiary/aromatic N) is 2. The maximum absolute atomic E-state index is 13.0.